The van der Waals surface area contributed by atoms with E-state index in [9.17, 15) is 4.79 Å². The molecule has 5 rings (SSSR count). The molecule has 2 heterocycles. The van der Waals surface area contributed by atoms with Crippen LogP contribution >= 0.6 is 0 Å². The zero-order chi connectivity index (χ0) is 19.6. The number of carbonyl (C=O) groups excluding carboxylic acids is 1. The van der Waals surface area contributed by atoms with Crippen molar-refractivity contribution in [1.29, 1.82) is 0 Å². The molecule has 4 atom stereocenters. The number of hydrogen-bond donors (Lipinski definition) is 2. The Bertz CT molecular complexity index is 860. The van der Waals surface area contributed by atoms with E-state index in [1.54, 1.807) is 0 Å². The zero-order valence-electron chi connectivity index (χ0n) is 16.9. The SMILES string of the molecule is O=C(CC1CCCO1)Nc1ccc2c(c1)C1CCCCC1C(c1ccccc1)N2. The lowest BCUT2D eigenvalue weighted by molar-refractivity contribution is -0.118. The fraction of sp³-hybridized carbons (Fsp3) is 0.480. The van der Waals surface area contributed by atoms with Gasteiger partial charge in [0.1, 0.15) is 0 Å². The minimum Gasteiger partial charge on any atom is -0.378 e. The Kier molecular flexibility index (Phi) is 5.28. The highest BCUT2D eigenvalue weighted by atomic mass is 16.5. The summed E-state index contributed by atoms with van der Waals surface area (Å²) in [5, 5.41) is 6.93. The molecule has 2 aromatic carbocycles. The maximum absolute atomic E-state index is 12.4. The van der Waals surface area contributed by atoms with Crippen LogP contribution in [0.15, 0.2) is 48.5 Å². The molecule has 2 fully saturated rings. The molecule has 152 valence electrons. The van der Waals surface area contributed by atoms with Crippen molar-refractivity contribution >= 4 is 17.3 Å². The molecular formula is C25H30N2O2. The number of hydrogen-bond acceptors (Lipinski definition) is 3. The van der Waals surface area contributed by atoms with Crippen molar-refractivity contribution in [3.8, 4) is 0 Å². The molecule has 0 spiro atoms. The van der Waals surface area contributed by atoms with E-state index in [-0.39, 0.29) is 12.0 Å². The van der Waals surface area contributed by atoms with Crippen molar-refractivity contribution < 1.29 is 9.53 Å². The Morgan fingerprint density at radius 3 is 2.72 bits per heavy atom. The van der Waals surface area contributed by atoms with Crippen LogP contribution in [0.1, 0.15) is 68.0 Å². The average molecular weight is 391 g/mol. The summed E-state index contributed by atoms with van der Waals surface area (Å²) in [5.74, 6) is 1.22. The van der Waals surface area contributed by atoms with Gasteiger partial charge in [-0.2, -0.15) is 0 Å². The van der Waals surface area contributed by atoms with E-state index in [0.29, 0.717) is 24.3 Å². The number of ether oxygens (including phenoxy) is 1. The number of nitrogens with one attached hydrogen (secondary N) is 2. The molecule has 4 nitrogen and oxygen atoms in total. The molecule has 1 amide bonds. The van der Waals surface area contributed by atoms with Crippen molar-refractivity contribution in [1.82, 2.24) is 0 Å². The van der Waals surface area contributed by atoms with Gasteiger partial charge in [0, 0.05) is 18.0 Å². The molecule has 2 aliphatic heterocycles. The van der Waals surface area contributed by atoms with Gasteiger partial charge in [-0.15, -0.1) is 0 Å². The molecule has 0 aromatic heterocycles. The van der Waals surface area contributed by atoms with Crippen LogP contribution in [-0.2, 0) is 9.53 Å². The van der Waals surface area contributed by atoms with E-state index in [1.165, 1.54) is 42.5 Å². The second-order valence-electron chi connectivity index (χ2n) is 8.78. The largest absolute Gasteiger partial charge is 0.378 e. The fourth-order valence-electron chi connectivity index (χ4n) is 5.51. The standard InChI is InChI=1S/C25H30N2O2/c28-24(16-19-9-6-14-29-19)26-18-12-13-23-22(15-18)20-10-4-5-11-21(20)25(27-23)17-7-2-1-3-8-17/h1-3,7-8,12-13,15,19-21,25,27H,4-6,9-11,14,16H2,(H,26,28). The van der Waals surface area contributed by atoms with Crippen molar-refractivity contribution in [2.45, 2.75) is 63.0 Å². The zero-order valence-corrected chi connectivity index (χ0v) is 16.9. The summed E-state index contributed by atoms with van der Waals surface area (Å²) in [6, 6.07) is 17.6. The van der Waals surface area contributed by atoms with E-state index in [1.807, 2.05) is 6.07 Å². The van der Waals surface area contributed by atoms with Crippen LogP contribution in [0.25, 0.3) is 0 Å². The minimum absolute atomic E-state index is 0.0583. The first-order chi connectivity index (χ1) is 14.3. The molecule has 29 heavy (non-hydrogen) atoms. The maximum atomic E-state index is 12.4. The van der Waals surface area contributed by atoms with E-state index in [4.69, 9.17) is 4.74 Å². The molecule has 4 unspecified atom stereocenters. The first-order valence-electron chi connectivity index (χ1n) is 11.1. The molecule has 1 aliphatic carbocycles. The first-order valence-corrected chi connectivity index (χ1v) is 11.1. The Morgan fingerprint density at radius 2 is 1.90 bits per heavy atom. The molecule has 2 aromatic rings. The van der Waals surface area contributed by atoms with E-state index in [0.717, 1.165) is 25.1 Å². The van der Waals surface area contributed by atoms with Gasteiger partial charge in [0.15, 0.2) is 0 Å². The van der Waals surface area contributed by atoms with E-state index < -0.39 is 0 Å². The summed E-state index contributed by atoms with van der Waals surface area (Å²) in [6.07, 6.45) is 7.68. The molecule has 0 bridgehead atoms. The Labute approximate surface area is 173 Å². The number of fused-ring (bicyclic) bond motifs is 3. The molecule has 1 saturated heterocycles. The van der Waals surface area contributed by atoms with Crippen LogP contribution in [0.4, 0.5) is 11.4 Å². The van der Waals surface area contributed by atoms with Gasteiger partial charge in [0.05, 0.1) is 18.6 Å². The average Bonchev–Trinajstić information content (AvgIpc) is 3.27. The quantitative estimate of drug-likeness (QED) is 0.711. The third kappa shape index (κ3) is 3.91. The number of amides is 1. The van der Waals surface area contributed by atoms with Gasteiger partial charge >= 0.3 is 0 Å². The van der Waals surface area contributed by atoms with Crippen LogP contribution < -0.4 is 10.6 Å². The van der Waals surface area contributed by atoms with Crippen molar-refractivity contribution in [3.05, 3.63) is 59.7 Å². The van der Waals surface area contributed by atoms with Gasteiger partial charge in [-0.3, -0.25) is 4.79 Å². The molecule has 2 N–H and O–H groups in total. The highest BCUT2D eigenvalue weighted by Gasteiger charge is 2.38. The predicted molar refractivity (Wildman–Crippen MR) is 116 cm³/mol. The summed E-state index contributed by atoms with van der Waals surface area (Å²) in [7, 11) is 0. The van der Waals surface area contributed by atoms with Gasteiger partial charge in [-0.1, -0.05) is 43.2 Å². The Hall–Kier alpha value is -2.33. The van der Waals surface area contributed by atoms with Crippen LogP contribution in [0.3, 0.4) is 0 Å². The highest BCUT2D eigenvalue weighted by molar-refractivity contribution is 5.91. The van der Waals surface area contributed by atoms with Gasteiger partial charge in [0.25, 0.3) is 0 Å². The van der Waals surface area contributed by atoms with Crippen molar-refractivity contribution in [2.24, 2.45) is 5.92 Å². The lowest BCUT2D eigenvalue weighted by atomic mass is 9.68. The van der Waals surface area contributed by atoms with Gasteiger partial charge in [0.2, 0.25) is 5.91 Å². The summed E-state index contributed by atoms with van der Waals surface area (Å²) < 4.78 is 5.61. The van der Waals surface area contributed by atoms with Gasteiger partial charge < -0.3 is 15.4 Å². The van der Waals surface area contributed by atoms with Crippen LogP contribution in [0.2, 0.25) is 0 Å². The summed E-state index contributed by atoms with van der Waals surface area (Å²) in [4.78, 5) is 12.4. The van der Waals surface area contributed by atoms with Crippen molar-refractivity contribution in [3.63, 3.8) is 0 Å². The third-order valence-corrected chi connectivity index (χ3v) is 6.89. The fourth-order valence-corrected chi connectivity index (χ4v) is 5.51. The summed E-state index contributed by atoms with van der Waals surface area (Å²) in [6.45, 7) is 0.786. The number of benzene rings is 2. The van der Waals surface area contributed by atoms with Crippen LogP contribution in [0, 0.1) is 5.92 Å². The topological polar surface area (TPSA) is 50.4 Å². The Balaban J connectivity index is 1.38. The first kappa shape index (κ1) is 18.7. The van der Waals surface area contributed by atoms with E-state index in [2.05, 4.69) is 53.1 Å². The van der Waals surface area contributed by atoms with Gasteiger partial charge in [-0.25, -0.2) is 0 Å². The molecule has 4 heteroatoms. The highest BCUT2D eigenvalue weighted by Crippen LogP contribution is 2.51. The summed E-state index contributed by atoms with van der Waals surface area (Å²) in [5.41, 5.74) is 4.89. The molecule has 0 radical (unpaired) electrons. The number of rotatable bonds is 4. The smallest absolute Gasteiger partial charge is 0.226 e. The normalized spacial score (nSPS) is 28.1. The Morgan fingerprint density at radius 1 is 1.03 bits per heavy atom. The van der Waals surface area contributed by atoms with Gasteiger partial charge in [-0.05, 0) is 66.8 Å². The monoisotopic (exact) mass is 390 g/mol. The molecule has 1 saturated carbocycles. The van der Waals surface area contributed by atoms with Crippen molar-refractivity contribution in [2.75, 3.05) is 17.2 Å². The van der Waals surface area contributed by atoms with Crippen LogP contribution in [0.5, 0.6) is 0 Å². The lowest BCUT2D eigenvalue weighted by Crippen LogP contribution is -2.33. The van der Waals surface area contributed by atoms with Crippen LogP contribution in [-0.4, -0.2) is 18.6 Å². The lowest BCUT2D eigenvalue weighted by Gasteiger charge is -2.44. The number of anilines is 2. The third-order valence-electron chi connectivity index (χ3n) is 6.89. The molecular weight excluding hydrogens is 360 g/mol. The number of carbonyl (C=O) groups is 1. The maximum Gasteiger partial charge on any atom is 0.226 e. The molecule has 3 aliphatic rings. The summed E-state index contributed by atoms with van der Waals surface area (Å²) >= 11 is 0. The second-order valence-corrected chi connectivity index (χ2v) is 8.78. The minimum atomic E-state index is 0.0583. The second kappa shape index (κ2) is 8.19. The van der Waals surface area contributed by atoms with E-state index >= 15 is 0 Å². The predicted octanol–water partition coefficient (Wildman–Crippen LogP) is 5.63.